The van der Waals surface area contributed by atoms with Gasteiger partial charge in [-0.05, 0) is 46.9 Å². The lowest BCUT2D eigenvalue weighted by atomic mass is 9.98. The molecule has 0 aromatic heterocycles. The molecular formula is C29H29FN2O3. The Hall–Kier alpha value is -3.98. The molecule has 0 fully saturated rings. The molecule has 0 saturated carbocycles. The Labute approximate surface area is 205 Å². The van der Waals surface area contributed by atoms with Crippen molar-refractivity contribution in [1.29, 1.82) is 5.26 Å². The first-order valence-corrected chi connectivity index (χ1v) is 11.7. The van der Waals surface area contributed by atoms with Crippen LogP contribution in [0.2, 0.25) is 0 Å². The molecule has 0 radical (unpaired) electrons. The highest BCUT2D eigenvalue weighted by Gasteiger charge is 2.30. The van der Waals surface area contributed by atoms with Crippen molar-refractivity contribution < 1.29 is 18.7 Å². The van der Waals surface area contributed by atoms with Crippen LogP contribution in [0.1, 0.15) is 42.9 Å². The van der Waals surface area contributed by atoms with Gasteiger partial charge < -0.3 is 9.64 Å². The van der Waals surface area contributed by atoms with Crippen LogP contribution in [0.5, 0.6) is 0 Å². The molecule has 1 amide bonds. The molecule has 3 aromatic carbocycles. The van der Waals surface area contributed by atoms with Crippen LogP contribution < -0.4 is 0 Å². The van der Waals surface area contributed by atoms with Gasteiger partial charge in [-0.15, -0.1) is 0 Å². The zero-order valence-electron chi connectivity index (χ0n) is 20.0. The first-order chi connectivity index (χ1) is 17.0. The summed E-state index contributed by atoms with van der Waals surface area (Å²) >= 11 is 0. The molecular weight excluding hydrogens is 443 g/mol. The molecule has 0 heterocycles. The van der Waals surface area contributed by atoms with Gasteiger partial charge >= 0.3 is 5.97 Å². The van der Waals surface area contributed by atoms with E-state index in [2.05, 4.69) is 6.07 Å². The van der Waals surface area contributed by atoms with Gasteiger partial charge in [0.1, 0.15) is 11.9 Å². The Kier molecular flexibility index (Phi) is 9.14. The predicted octanol–water partition coefficient (Wildman–Crippen LogP) is 5.67. The molecule has 180 valence electrons. The van der Waals surface area contributed by atoms with Crippen molar-refractivity contribution >= 4 is 11.9 Å². The molecule has 3 rings (SSSR count). The summed E-state index contributed by atoms with van der Waals surface area (Å²) in [6, 6.07) is 22.3. The Balaban J connectivity index is 1.90. The van der Waals surface area contributed by atoms with Crippen molar-refractivity contribution in [2.75, 3.05) is 7.11 Å². The highest BCUT2D eigenvalue weighted by atomic mass is 19.1. The van der Waals surface area contributed by atoms with E-state index in [0.29, 0.717) is 18.4 Å². The number of ether oxygens (including phenoxy) is 1. The SMILES string of the molecule is CCCCC(=O)N(Cc1ccc(-c2ccccc2C#N)cc1)[C@@H](Cc1ccc(F)cc1)C(=O)OC. The maximum absolute atomic E-state index is 13.4. The molecule has 5 nitrogen and oxygen atoms in total. The average molecular weight is 473 g/mol. The number of carbonyl (C=O) groups excluding carboxylic acids is 2. The second-order valence-electron chi connectivity index (χ2n) is 8.35. The fraction of sp³-hybridized carbons (Fsp3) is 0.276. The fourth-order valence-electron chi connectivity index (χ4n) is 3.96. The monoisotopic (exact) mass is 472 g/mol. The third kappa shape index (κ3) is 6.77. The quantitative estimate of drug-likeness (QED) is 0.357. The van der Waals surface area contributed by atoms with Crippen molar-refractivity contribution in [3.05, 3.63) is 95.3 Å². The summed E-state index contributed by atoms with van der Waals surface area (Å²) in [7, 11) is 1.30. The Morgan fingerprint density at radius 3 is 2.29 bits per heavy atom. The largest absolute Gasteiger partial charge is 0.467 e. The second-order valence-corrected chi connectivity index (χ2v) is 8.35. The minimum absolute atomic E-state index is 0.136. The van der Waals surface area contributed by atoms with E-state index >= 15 is 0 Å². The van der Waals surface area contributed by atoms with Crippen LogP contribution in [0.3, 0.4) is 0 Å². The summed E-state index contributed by atoms with van der Waals surface area (Å²) < 4.78 is 18.4. The summed E-state index contributed by atoms with van der Waals surface area (Å²) in [5.74, 6) is -1.01. The summed E-state index contributed by atoms with van der Waals surface area (Å²) in [4.78, 5) is 27.5. The number of methoxy groups -OCH3 is 1. The van der Waals surface area contributed by atoms with E-state index in [1.807, 2.05) is 49.4 Å². The molecule has 1 atom stereocenters. The summed E-state index contributed by atoms with van der Waals surface area (Å²) in [5.41, 5.74) is 3.90. The number of hydrogen-bond donors (Lipinski definition) is 0. The summed E-state index contributed by atoms with van der Waals surface area (Å²) in [6.07, 6.45) is 2.11. The van der Waals surface area contributed by atoms with Crippen molar-refractivity contribution in [3.63, 3.8) is 0 Å². The molecule has 0 aliphatic rings. The van der Waals surface area contributed by atoms with Crippen molar-refractivity contribution in [2.45, 2.75) is 45.2 Å². The minimum Gasteiger partial charge on any atom is -0.467 e. The number of carbonyl (C=O) groups is 2. The van der Waals surface area contributed by atoms with Crippen LogP contribution in [0.4, 0.5) is 4.39 Å². The van der Waals surface area contributed by atoms with Crippen LogP contribution in [0.15, 0.2) is 72.8 Å². The van der Waals surface area contributed by atoms with Gasteiger partial charge in [-0.1, -0.05) is 67.9 Å². The molecule has 0 bridgehead atoms. The van der Waals surface area contributed by atoms with Crippen LogP contribution in [0.25, 0.3) is 11.1 Å². The third-order valence-electron chi connectivity index (χ3n) is 5.92. The van der Waals surface area contributed by atoms with E-state index in [1.54, 1.807) is 23.1 Å². The standard InChI is InChI=1S/C29H29FN2O3/c1-3-4-9-28(33)32(27(29(34)35-2)18-21-12-16-25(30)17-13-21)20-22-10-14-23(15-11-22)26-8-6-5-7-24(26)19-31/h5-8,10-17,27H,3-4,9,18,20H2,1-2H3/t27-/m0/s1. The highest BCUT2D eigenvalue weighted by molar-refractivity contribution is 5.85. The lowest BCUT2D eigenvalue weighted by Gasteiger charge is -2.30. The van der Waals surface area contributed by atoms with Crippen LogP contribution >= 0.6 is 0 Å². The van der Waals surface area contributed by atoms with Gasteiger partial charge in [0.05, 0.1) is 18.7 Å². The number of rotatable bonds is 10. The Morgan fingerprint density at radius 1 is 1.00 bits per heavy atom. The van der Waals surface area contributed by atoms with Crippen LogP contribution in [-0.4, -0.2) is 29.9 Å². The molecule has 3 aromatic rings. The smallest absolute Gasteiger partial charge is 0.328 e. The van der Waals surface area contributed by atoms with E-state index in [4.69, 9.17) is 4.74 Å². The van der Waals surface area contributed by atoms with E-state index < -0.39 is 12.0 Å². The fourth-order valence-corrected chi connectivity index (χ4v) is 3.96. The number of nitriles is 1. The molecule has 35 heavy (non-hydrogen) atoms. The number of amides is 1. The van der Waals surface area contributed by atoms with Gasteiger partial charge in [0, 0.05) is 19.4 Å². The zero-order chi connectivity index (χ0) is 25.2. The third-order valence-corrected chi connectivity index (χ3v) is 5.92. The zero-order valence-corrected chi connectivity index (χ0v) is 20.0. The molecule has 6 heteroatoms. The van der Waals surface area contributed by atoms with E-state index in [-0.39, 0.29) is 24.7 Å². The van der Waals surface area contributed by atoms with Crippen molar-refractivity contribution in [1.82, 2.24) is 4.90 Å². The molecule has 0 unspecified atom stereocenters. The summed E-state index contributed by atoms with van der Waals surface area (Å²) in [6.45, 7) is 2.23. The molecule has 0 spiro atoms. The number of benzene rings is 3. The van der Waals surface area contributed by atoms with Gasteiger partial charge in [0.2, 0.25) is 5.91 Å². The molecule has 0 N–H and O–H groups in total. The first kappa shape index (κ1) is 25.6. The number of unbranched alkanes of at least 4 members (excludes halogenated alkanes) is 1. The lowest BCUT2D eigenvalue weighted by molar-refractivity contribution is -0.153. The average Bonchev–Trinajstić information content (AvgIpc) is 2.90. The first-order valence-electron chi connectivity index (χ1n) is 11.7. The van der Waals surface area contributed by atoms with E-state index in [0.717, 1.165) is 28.7 Å². The molecule has 0 aliphatic carbocycles. The Morgan fingerprint density at radius 2 is 1.66 bits per heavy atom. The van der Waals surface area contributed by atoms with Gasteiger partial charge in [0.25, 0.3) is 0 Å². The van der Waals surface area contributed by atoms with Crippen LogP contribution in [-0.2, 0) is 27.3 Å². The number of nitrogens with zero attached hydrogens (tertiary/aromatic N) is 2. The topological polar surface area (TPSA) is 70.4 Å². The number of esters is 1. The van der Waals surface area contributed by atoms with Crippen LogP contribution in [0, 0.1) is 17.1 Å². The maximum atomic E-state index is 13.4. The maximum Gasteiger partial charge on any atom is 0.328 e. The Bertz CT molecular complexity index is 1180. The van der Waals surface area contributed by atoms with Gasteiger partial charge in [-0.2, -0.15) is 5.26 Å². The highest BCUT2D eigenvalue weighted by Crippen LogP contribution is 2.25. The molecule has 0 saturated heterocycles. The van der Waals surface area contributed by atoms with Crippen molar-refractivity contribution in [2.24, 2.45) is 0 Å². The van der Waals surface area contributed by atoms with E-state index in [1.165, 1.54) is 19.2 Å². The number of halogens is 1. The number of hydrogen-bond acceptors (Lipinski definition) is 4. The van der Waals surface area contributed by atoms with E-state index in [9.17, 15) is 19.2 Å². The van der Waals surface area contributed by atoms with Gasteiger partial charge in [0.15, 0.2) is 0 Å². The van der Waals surface area contributed by atoms with Gasteiger partial charge in [-0.25, -0.2) is 9.18 Å². The van der Waals surface area contributed by atoms with Gasteiger partial charge in [-0.3, -0.25) is 4.79 Å². The minimum atomic E-state index is -0.839. The second kappa shape index (κ2) is 12.5. The van der Waals surface area contributed by atoms with Crippen molar-refractivity contribution in [3.8, 4) is 17.2 Å². The summed E-state index contributed by atoms with van der Waals surface area (Å²) in [5, 5.41) is 9.40. The lowest BCUT2D eigenvalue weighted by Crippen LogP contribution is -2.46. The molecule has 0 aliphatic heterocycles. The predicted molar refractivity (Wildman–Crippen MR) is 133 cm³/mol. The normalized spacial score (nSPS) is 11.4.